The molecule has 1 rings (SSSR count). The first-order valence-electron chi connectivity index (χ1n) is 3.61. The summed E-state index contributed by atoms with van der Waals surface area (Å²) in [5.74, 6) is -0.350. The third kappa shape index (κ3) is 2.69. The zero-order valence-corrected chi connectivity index (χ0v) is 8.67. The van der Waals surface area contributed by atoms with E-state index in [4.69, 9.17) is 5.73 Å². The molecule has 13 heavy (non-hydrogen) atoms. The minimum Gasteiger partial charge on any atom is -0.469 e. The molecule has 0 amide bonds. The molecular weight excluding hydrogens is 236 g/mol. The van der Waals surface area contributed by atoms with Gasteiger partial charge in [0.25, 0.3) is 0 Å². The number of hydrogen-bond acceptors (Lipinski definition) is 4. The number of rotatable bonds is 2. The van der Waals surface area contributed by atoms with Crippen molar-refractivity contribution < 1.29 is 9.53 Å². The molecule has 0 saturated carbocycles. The summed E-state index contributed by atoms with van der Waals surface area (Å²) in [6, 6.07) is 3.41. The van der Waals surface area contributed by atoms with Crippen LogP contribution in [-0.4, -0.2) is 18.1 Å². The van der Waals surface area contributed by atoms with Crippen LogP contribution in [0.15, 0.2) is 16.7 Å². The van der Waals surface area contributed by atoms with Crippen LogP contribution in [0.1, 0.15) is 5.69 Å². The lowest BCUT2D eigenvalue weighted by Gasteiger charge is -2.03. The normalized spacial score (nSPS) is 9.69. The average Bonchev–Trinajstić information content (AvgIpc) is 2.11. The predicted octanol–water partition coefficient (Wildman–Crippen LogP) is 1.14. The summed E-state index contributed by atoms with van der Waals surface area (Å²) >= 11 is 3.19. The Labute approximate surface area is 84.2 Å². The number of carbonyl (C=O) groups excluding carboxylic acids is 1. The molecule has 1 aromatic rings. The highest BCUT2D eigenvalue weighted by Gasteiger charge is 2.07. The van der Waals surface area contributed by atoms with Gasteiger partial charge >= 0.3 is 5.97 Å². The molecule has 0 bridgehead atoms. The maximum Gasteiger partial charge on any atom is 0.311 e. The van der Waals surface area contributed by atoms with E-state index in [0.717, 1.165) is 0 Å². The quantitative estimate of drug-likeness (QED) is 0.626. The highest BCUT2D eigenvalue weighted by Crippen LogP contribution is 2.14. The van der Waals surface area contributed by atoms with Crippen LogP contribution in [-0.2, 0) is 16.0 Å². The van der Waals surface area contributed by atoms with Gasteiger partial charge in [0.05, 0.1) is 24.9 Å². The van der Waals surface area contributed by atoms with Crippen LogP contribution in [0.2, 0.25) is 0 Å². The number of nitrogens with two attached hydrogens (primary N) is 1. The van der Waals surface area contributed by atoms with Crippen molar-refractivity contribution in [1.82, 2.24) is 4.98 Å². The first-order valence-corrected chi connectivity index (χ1v) is 4.40. The SMILES string of the molecule is COC(=O)Cc1nc(Br)ccc1N. The summed E-state index contributed by atoms with van der Waals surface area (Å²) in [5, 5.41) is 0. The molecule has 1 aromatic heterocycles. The summed E-state index contributed by atoms with van der Waals surface area (Å²) < 4.78 is 5.15. The number of methoxy groups -OCH3 is 1. The van der Waals surface area contributed by atoms with E-state index < -0.39 is 0 Å². The van der Waals surface area contributed by atoms with Gasteiger partial charge in [-0.3, -0.25) is 4.79 Å². The van der Waals surface area contributed by atoms with E-state index in [1.54, 1.807) is 12.1 Å². The third-order valence-electron chi connectivity index (χ3n) is 1.51. The van der Waals surface area contributed by atoms with Crippen molar-refractivity contribution in [3.8, 4) is 0 Å². The molecule has 1 heterocycles. The van der Waals surface area contributed by atoms with Gasteiger partial charge in [-0.2, -0.15) is 0 Å². The largest absolute Gasteiger partial charge is 0.469 e. The van der Waals surface area contributed by atoms with Gasteiger partial charge in [0.2, 0.25) is 0 Å². The monoisotopic (exact) mass is 244 g/mol. The number of aromatic nitrogens is 1. The first kappa shape index (κ1) is 9.98. The lowest BCUT2D eigenvalue weighted by atomic mass is 10.2. The van der Waals surface area contributed by atoms with Crippen LogP contribution in [0.5, 0.6) is 0 Å². The van der Waals surface area contributed by atoms with Crippen LogP contribution < -0.4 is 5.73 Å². The highest BCUT2D eigenvalue weighted by molar-refractivity contribution is 9.10. The zero-order chi connectivity index (χ0) is 9.84. The van der Waals surface area contributed by atoms with E-state index in [2.05, 4.69) is 25.7 Å². The van der Waals surface area contributed by atoms with E-state index in [-0.39, 0.29) is 12.4 Å². The topological polar surface area (TPSA) is 65.2 Å². The number of esters is 1. The molecule has 0 aliphatic carbocycles. The minimum absolute atomic E-state index is 0.0990. The number of halogens is 1. The Morgan fingerprint density at radius 3 is 3.00 bits per heavy atom. The van der Waals surface area contributed by atoms with Crippen LogP contribution in [0.3, 0.4) is 0 Å². The molecule has 0 unspecified atom stereocenters. The number of nitrogen functional groups attached to an aromatic ring is 1. The Hall–Kier alpha value is -1.10. The van der Waals surface area contributed by atoms with Gasteiger partial charge < -0.3 is 10.5 Å². The van der Waals surface area contributed by atoms with Crippen molar-refractivity contribution in [2.24, 2.45) is 0 Å². The van der Waals surface area contributed by atoms with Gasteiger partial charge in [-0.1, -0.05) is 0 Å². The highest BCUT2D eigenvalue weighted by atomic mass is 79.9. The number of ether oxygens (including phenoxy) is 1. The second kappa shape index (κ2) is 4.23. The summed E-state index contributed by atoms with van der Waals surface area (Å²) in [4.78, 5) is 15.0. The second-order valence-corrected chi connectivity index (χ2v) is 3.24. The van der Waals surface area contributed by atoms with Crippen molar-refractivity contribution >= 4 is 27.6 Å². The second-order valence-electron chi connectivity index (χ2n) is 2.42. The molecule has 0 aromatic carbocycles. The number of hydrogen-bond donors (Lipinski definition) is 1. The number of pyridine rings is 1. The van der Waals surface area contributed by atoms with E-state index >= 15 is 0 Å². The molecule has 70 valence electrons. The van der Waals surface area contributed by atoms with E-state index in [9.17, 15) is 4.79 Å². The van der Waals surface area contributed by atoms with Crippen molar-refractivity contribution in [2.75, 3.05) is 12.8 Å². The molecule has 5 heteroatoms. The van der Waals surface area contributed by atoms with Crippen molar-refractivity contribution in [3.05, 3.63) is 22.4 Å². The first-order chi connectivity index (χ1) is 6.13. The third-order valence-corrected chi connectivity index (χ3v) is 1.96. The molecule has 0 saturated heterocycles. The summed E-state index contributed by atoms with van der Waals surface area (Å²) in [6.07, 6.45) is 0.0990. The maximum absolute atomic E-state index is 10.9. The van der Waals surface area contributed by atoms with Crippen molar-refractivity contribution in [2.45, 2.75) is 6.42 Å². The Bertz CT molecular complexity index is 328. The van der Waals surface area contributed by atoms with Crippen LogP contribution >= 0.6 is 15.9 Å². The molecule has 2 N–H and O–H groups in total. The number of carbonyl (C=O) groups is 1. The van der Waals surface area contributed by atoms with E-state index in [1.807, 2.05) is 0 Å². The standard InChI is InChI=1S/C8H9BrN2O2/c1-13-8(12)4-6-5(10)2-3-7(9)11-6/h2-3H,4,10H2,1H3. The lowest BCUT2D eigenvalue weighted by molar-refractivity contribution is -0.139. The van der Waals surface area contributed by atoms with Crippen LogP contribution in [0.25, 0.3) is 0 Å². The Morgan fingerprint density at radius 2 is 2.38 bits per heavy atom. The average molecular weight is 245 g/mol. The molecule has 0 aliphatic heterocycles. The summed E-state index contributed by atoms with van der Waals surface area (Å²) in [7, 11) is 1.33. The van der Waals surface area contributed by atoms with Crippen LogP contribution in [0, 0.1) is 0 Å². The molecule has 0 fully saturated rings. The molecule has 0 aliphatic rings. The molecule has 0 radical (unpaired) electrons. The molecular formula is C8H9BrN2O2. The van der Waals surface area contributed by atoms with Gasteiger partial charge in [-0.25, -0.2) is 4.98 Å². The smallest absolute Gasteiger partial charge is 0.311 e. The summed E-state index contributed by atoms with van der Waals surface area (Å²) in [6.45, 7) is 0. The Morgan fingerprint density at radius 1 is 1.69 bits per heavy atom. The van der Waals surface area contributed by atoms with Gasteiger partial charge in [0.1, 0.15) is 4.60 Å². The summed E-state index contributed by atoms with van der Waals surface area (Å²) in [5.41, 5.74) is 6.62. The predicted molar refractivity (Wildman–Crippen MR) is 52.1 cm³/mol. The lowest BCUT2D eigenvalue weighted by Crippen LogP contribution is -2.08. The Balaban J connectivity index is 2.87. The number of nitrogens with zero attached hydrogens (tertiary/aromatic N) is 1. The van der Waals surface area contributed by atoms with Crippen molar-refractivity contribution in [1.29, 1.82) is 0 Å². The van der Waals surface area contributed by atoms with Gasteiger partial charge in [-0.15, -0.1) is 0 Å². The molecule has 0 spiro atoms. The minimum atomic E-state index is -0.350. The van der Waals surface area contributed by atoms with Crippen molar-refractivity contribution in [3.63, 3.8) is 0 Å². The zero-order valence-electron chi connectivity index (χ0n) is 7.08. The van der Waals surface area contributed by atoms with E-state index in [1.165, 1.54) is 7.11 Å². The number of anilines is 1. The fourth-order valence-electron chi connectivity index (χ4n) is 0.836. The van der Waals surface area contributed by atoms with Crippen LogP contribution in [0.4, 0.5) is 5.69 Å². The fourth-order valence-corrected chi connectivity index (χ4v) is 1.18. The molecule has 4 nitrogen and oxygen atoms in total. The van der Waals surface area contributed by atoms with E-state index in [0.29, 0.717) is 16.0 Å². The maximum atomic E-state index is 10.9. The van der Waals surface area contributed by atoms with Gasteiger partial charge in [0, 0.05) is 0 Å². The van der Waals surface area contributed by atoms with Gasteiger partial charge in [-0.05, 0) is 28.1 Å². The van der Waals surface area contributed by atoms with Gasteiger partial charge in [0.15, 0.2) is 0 Å². The molecule has 0 atom stereocenters. The fraction of sp³-hybridized carbons (Fsp3) is 0.250. The Kier molecular flexibility index (Phi) is 3.25.